The van der Waals surface area contributed by atoms with Crippen LogP contribution in [0, 0.1) is 0 Å². The maximum absolute atomic E-state index is 11.8. The van der Waals surface area contributed by atoms with Gasteiger partial charge in [-0.05, 0) is 41.0 Å². The minimum absolute atomic E-state index is 0.0837. The zero-order chi connectivity index (χ0) is 21.5. The molecule has 160 valence electrons. The first-order chi connectivity index (χ1) is 13.6. The van der Waals surface area contributed by atoms with Crippen LogP contribution in [0.15, 0.2) is 48.5 Å². The van der Waals surface area contributed by atoms with Gasteiger partial charge in [0.15, 0.2) is 0 Å². The second kappa shape index (κ2) is 10.3. The predicted molar refractivity (Wildman–Crippen MR) is 119 cm³/mol. The molecular weight excluding hydrogens is 408 g/mol. The van der Waals surface area contributed by atoms with Crippen molar-refractivity contribution in [3.8, 4) is 11.1 Å². The summed E-state index contributed by atoms with van der Waals surface area (Å²) in [5.74, 6) is 0.235. The van der Waals surface area contributed by atoms with E-state index >= 15 is 0 Å². The van der Waals surface area contributed by atoms with Crippen LogP contribution in [0.5, 0.6) is 0 Å². The summed E-state index contributed by atoms with van der Waals surface area (Å²) in [5, 5.41) is 0. The molecule has 1 atom stereocenters. The smallest absolute Gasteiger partial charge is 0.211 e. The fourth-order valence-corrected chi connectivity index (χ4v) is 4.62. The number of rotatable bonds is 11. The van der Waals surface area contributed by atoms with Crippen LogP contribution >= 0.6 is 0 Å². The van der Waals surface area contributed by atoms with Crippen LogP contribution in [-0.2, 0) is 26.5 Å². The molecule has 0 fully saturated rings. The Kier molecular flexibility index (Phi) is 8.39. The molecule has 29 heavy (non-hydrogen) atoms. The highest BCUT2D eigenvalue weighted by Crippen LogP contribution is 2.23. The van der Waals surface area contributed by atoms with Gasteiger partial charge in [0.1, 0.15) is 0 Å². The van der Waals surface area contributed by atoms with E-state index in [9.17, 15) is 16.8 Å². The largest absolute Gasteiger partial charge is 0.215 e. The molecule has 0 amide bonds. The van der Waals surface area contributed by atoms with Crippen LogP contribution in [0.4, 0.5) is 0 Å². The molecule has 0 radical (unpaired) electrons. The molecule has 0 bridgehead atoms. The summed E-state index contributed by atoms with van der Waals surface area (Å²) in [4.78, 5) is 0. The van der Waals surface area contributed by atoms with Gasteiger partial charge in [0, 0.05) is 13.1 Å². The molecule has 6 nitrogen and oxygen atoms in total. The van der Waals surface area contributed by atoms with E-state index in [1.54, 1.807) is 0 Å². The minimum Gasteiger partial charge on any atom is -0.215 e. The Morgan fingerprint density at radius 2 is 1.41 bits per heavy atom. The van der Waals surface area contributed by atoms with Gasteiger partial charge in [-0.1, -0.05) is 62.4 Å². The second-order valence-corrected chi connectivity index (χ2v) is 11.1. The fraction of sp³-hybridized carbons (Fsp3) is 0.429. The van der Waals surface area contributed by atoms with Crippen molar-refractivity contribution in [3.63, 3.8) is 0 Å². The molecule has 0 saturated carbocycles. The number of hydrogen-bond acceptors (Lipinski definition) is 4. The van der Waals surface area contributed by atoms with Gasteiger partial charge in [0.05, 0.1) is 12.0 Å². The van der Waals surface area contributed by atoms with Gasteiger partial charge in [0.25, 0.3) is 0 Å². The Morgan fingerprint density at radius 1 is 0.862 bits per heavy atom. The third kappa shape index (κ3) is 8.26. The molecule has 0 aliphatic carbocycles. The van der Waals surface area contributed by atoms with Crippen molar-refractivity contribution in [2.45, 2.75) is 32.6 Å². The lowest BCUT2D eigenvalue weighted by Crippen LogP contribution is -2.29. The third-order valence-corrected chi connectivity index (χ3v) is 6.91. The third-order valence-electron chi connectivity index (χ3n) is 4.63. The summed E-state index contributed by atoms with van der Waals surface area (Å²) < 4.78 is 51.0. The molecule has 0 aliphatic rings. The molecule has 0 aliphatic heterocycles. The quantitative estimate of drug-likeness (QED) is 0.564. The topological polar surface area (TPSA) is 92.3 Å². The zero-order valence-corrected chi connectivity index (χ0v) is 18.8. The second-order valence-electron chi connectivity index (χ2n) is 7.30. The number of hydrogen-bond donors (Lipinski definition) is 2. The molecule has 0 heterocycles. The highest BCUT2D eigenvalue weighted by Gasteiger charge is 2.12. The summed E-state index contributed by atoms with van der Waals surface area (Å²) in [7, 11) is -6.35. The molecule has 0 unspecified atom stereocenters. The van der Waals surface area contributed by atoms with Crippen LogP contribution in [0.1, 0.15) is 37.3 Å². The van der Waals surface area contributed by atoms with Crippen molar-refractivity contribution < 1.29 is 16.8 Å². The Morgan fingerprint density at radius 3 is 1.93 bits per heavy atom. The summed E-state index contributed by atoms with van der Waals surface area (Å²) in [5.41, 5.74) is 4.30. The van der Waals surface area contributed by atoms with Crippen molar-refractivity contribution in [3.05, 3.63) is 59.7 Å². The molecule has 2 aromatic carbocycles. The lowest BCUT2D eigenvalue weighted by atomic mass is 9.97. The first kappa shape index (κ1) is 23.5. The Hall–Kier alpha value is -1.74. The van der Waals surface area contributed by atoms with Crippen LogP contribution in [0.25, 0.3) is 11.1 Å². The van der Waals surface area contributed by atoms with E-state index in [4.69, 9.17) is 0 Å². The van der Waals surface area contributed by atoms with Crippen molar-refractivity contribution in [2.24, 2.45) is 0 Å². The van der Waals surface area contributed by atoms with E-state index in [0.717, 1.165) is 28.5 Å². The van der Waals surface area contributed by atoms with E-state index in [1.165, 1.54) is 0 Å². The fourth-order valence-electron chi connectivity index (χ4n) is 2.96. The summed E-state index contributed by atoms with van der Waals surface area (Å²) in [6, 6.07) is 16.2. The minimum atomic E-state index is -3.19. The van der Waals surface area contributed by atoms with Gasteiger partial charge in [0.2, 0.25) is 20.0 Å². The van der Waals surface area contributed by atoms with Gasteiger partial charge < -0.3 is 0 Å². The molecule has 0 saturated heterocycles. The maximum Gasteiger partial charge on any atom is 0.211 e. The monoisotopic (exact) mass is 438 g/mol. The molecule has 0 aromatic heterocycles. The summed E-state index contributed by atoms with van der Waals surface area (Å²) >= 11 is 0. The zero-order valence-electron chi connectivity index (χ0n) is 17.2. The van der Waals surface area contributed by atoms with E-state index in [0.29, 0.717) is 25.9 Å². The van der Waals surface area contributed by atoms with E-state index in [1.807, 2.05) is 62.4 Å². The molecule has 2 aromatic rings. The molecular formula is C21H30N2O4S2. The van der Waals surface area contributed by atoms with Crippen molar-refractivity contribution in [1.82, 2.24) is 9.44 Å². The summed E-state index contributed by atoms with van der Waals surface area (Å²) in [6.07, 6.45) is 2.39. The SMILES string of the molecule is CCCS(=O)(=O)NC[C@@H](C)c1ccc(-c2ccc(CCNS(C)(=O)=O)cc2)cc1. The van der Waals surface area contributed by atoms with Gasteiger partial charge >= 0.3 is 0 Å². The Labute approximate surface area is 174 Å². The first-order valence-corrected chi connectivity index (χ1v) is 13.3. The Balaban J connectivity index is 1.95. The molecule has 2 N–H and O–H groups in total. The van der Waals surface area contributed by atoms with Crippen LogP contribution in [0.3, 0.4) is 0 Å². The van der Waals surface area contributed by atoms with Crippen LogP contribution in [0.2, 0.25) is 0 Å². The molecule has 8 heteroatoms. The predicted octanol–water partition coefficient (Wildman–Crippen LogP) is 2.88. The van der Waals surface area contributed by atoms with Crippen molar-refractivity contribution >= 4 is 20.0 Å². The van der Waals surface area contributed by atoms with Gasteiger partial charge in [-0.3, -0.25) is 0 Å². The van der Waals surface area contributed by atoms with E-state index in [2.05, 4.69) is 9.44 Å². The number of sulfonamides is 2. The number of benzene rings is 2. The van der Waals surface area contributed by atoms with E-state index in [-0.39, 0.29) is 11.7 Å². The van der Waals surface area contributed by atoms with Crippen LogP contribution in [-0.4, -0.2) is 41.9 Å². The number of nitrogens with one attached hydrogen (secondary N) is 2. The molecule has 2 rings (SSSR count). The lowest BCUT2D eigenvalue weighted by Gasteiger charge is -2.14. The maximum atomic E-state index is 11.8. The average molecular weight is 439 g/mol. The van der Waals surface area contributed by atoms with Crippen LogP contribution < -0.4 is 9.44 Å². The lowest BCUT2D eigenvalue weighted by molar-refractivity contribution is 0.573. The Bertz CT molecular complexity index is 984. The van der Waals surface area contributed by atoms with Crippen molar-refractivity contribution in [1.29, 1.82) is 0 Å². The van der Waals surface area contributed by atoms with Gasteiger partial charge in [-0.25, -0.2) is 26.3 Å². The summed E-state index contributed by atoms with van der Waals surface area (Å²) in [6.45, 7) is 4.62. The van der Waals surface area contributed by atoms with Crippen molar-refractivity contribution in [2.75, 3.05) is 25.1 Å². The highest BCUT2D eigenvalue weighted by atomic mass is 32.2. The van der Waals surface area contributed by atoms with E-state index < -0.39 is 20.0 Å². The highest BCUT2D eigenvalue weighted by molar-refractivity contribution is 7.89. The van der Waals surface area contributed by atoms with Gasteiger partial charge in [-0.15, -0.1) is 0 Å². The average Bonchev–Trinajstić information content (AvgIpc) is 2.66. The first-order valence-electron chi connectivity index (χ1n) is 9.71. The van der Waals surface area contributed by atoms with Gasteiger partial charge in [-0.2, -0.15) is 0 Å². The normalized spacial score (nSPS) is 13.3. The standard InChI is InChI=1S/C21H30N2O4S2/c1-4-15-29(26,27)23-16-17(2)19-9-11-21(12-10-19)20-7-5-18(6-8-20)13-14-22-28(3,24)25/h5-12,17,22-23H,4,13-16H2,1-3H3/t17-/m1/s1. The molecule has 0 spiro atoms.